The first kappa shape index (κ1) is 20.0. The number of ether oxygens (including phenoxy) is 2. The molecule has 0 radical (unpaired) electrons. The third kappa shape index (κ3) is 3.29. The van der Waals surface area contributed by atoms with Gasteiger partial charge in [-0.15, -0.1) is 0 Å². The van der Waals surface area contributed by atoms with Crippen molar-refractivity contribution < 1.29 is 18.7 Å². The number of nitrogens with one attached hydrogen (secondary N) is 2. The first-order valence-electron chi connectivity index (χ1n) is 9.35. The van der Waals surface area contributed by atoms with Gasteiger partial charge in [-0.3, -0.25) is 4.90 Å². The average Bonchev–Trinajstić information content (AvgIpc) is 3.11. The second-order valence-electron chi connectivity index (χ2n) is 7.35. The van der Waals surface area contributed by atoms with Crippen LogP contribution in [0.15, 0.2) is 30.6 Å². The molecule has 0 atom stereocenters. The molecule has 0 unspecified atom stereocenters. The molecule has 2 aliphatic rings. The number of fused-ring (bicyclic) bond motifs is 1. The van der Waals surface area contributed by atoms with E-state index in [4.69, 9.17) is 32.7 Å². The van der Waals surface area contributed by atoms with Crippen LogP contribution in [-0.2, 0) is 4.74 Å². The third-order valence-corrected chi connectivity index (χ3v) is 6.16. The Bertz CT molecular complexity index is 1220. The molecule has 1 aromatic heterocycles. The van der Waals surface area contributed by atoms with Crippen molar-refractivity contribution in [3.63, 3.8) is 0 Å². The fourth-order valence-corrected chi connectivity index (χ4v) is 4.00. The predicted octanol–water partition coefficient (Wildman–Crippen LogP) is 4.13. The van der Waals surface area contributed by atoms with Crippen LogP contribution in [0, 0.1) is 5.82 Å². The topological polar surface area (TPSA) is 88.6 Å². The molecule has 0 aliphatic carbocycles. The lowest BCUT2D eigenvalue weighted by molar-refractivity contribution is 0.0142. The van der Waals surface area contributed by atoms with Crippen LogP contribution < -0.4 is 20.3 Å². The Morgan fingerprint density at radius 2 is 2.10 bits per heavy atom. The van der Waals surface area contributed by atoms with Crippen molar-refractivity contribution >= 4 is 57.4 Å². The monoisotopic (exact) mass is 463 g/mol. The molecule has 8 nitrogen and oxygen atoms in total. The summed E-state index contributed by atoms with van der Waals surface area (Å²) < 4.78 is 25.6. The summed E-state index contributed by atoms with van der Waals surface area (Å²) in [7, 11) is 1.51. The Morgan fingerprint density at radius 1 is 1.29 bits per heavy atom. The van der Waals surface area contributed by atoms with Crippen LogP contribution in [0.1, 0.15) is 0 Å². The molecule has 1 spiro atoms. The van der Waals surface area contributed by atoms with Crippen molar-refractivity contribution in [1.82, 2.24) is 15.3 Å². The molecule has 2 aliphatic heterocycles. The summed E-state index contributed by atoms with van der Waals surface area (Å²) in [6, 6.07) is 6.37. The van der Waals surface area contributed by atoms with Gasteiger partial charge in [0.15, 0.2) is 11.4 Å². The van der Waals surface area contributed by atoms with E-state index < -0.39 is 17.5 Å². The van der Waals surface area contributed by atoms with Crippen LogP contribution >= 0.6 is 23.2 Å². The summed E-state index contributed by atoms with van der Waals surface area (Å²) in [5.74, 6) is 0.0927. The fourth-order valence-electron chi connectivity index (χ4n) is 3.69. The van der Waals surface area contributed by atoms with E-state index in [-0.39, 0.29) is 15.7 Å². The Labute approximate surface area is 186 Å². The molecule has 2 aromatic carbocycles. The van der Waals surface area contributed by atoms with Crippen molar-refractivity contribution in [1.29, 1.82) is 0 Å². The summed E-state index contributed by atoms with van der Waals surface area (Å²) in [4.78, 5) is 22.6. The Hall–Kier alpha value is -2.88. The molecular formula is C20H16Cl2FN5O3. The molecule has 5 rings (SSSR count). The lowest BCUT2D eigenvalue weighted by Gasteiger charge is -2.36. The number of carbonyl (C=O) groups is 1. The lowest BCUT2D eigenvalue weighted by Crippen LogP contribution is -2.61. The molecule has 3 aromatic rings. The highest BCUT2D eigenvalue weighted by Gasteiger charge is 2.50. The second kappa shape index (κ2) is 7.37. The van der Waals surface area contributed by atoms with Gasteiger partial charge in [0.25, 0.3) is 0 Å². The van der Waals surface area contributed by atoms with Gasteiger partial charge < -0.3 is 20.1 Å². The number of carbonyl (C=O) groups excluding carboxylic acids is 1. The van der Waals surface area contributed by atoms with Gasteiger partial charge in [0, 0.05) is 24.5 Å². The van der Waals surface area contributed by atoms with Crippen molar-refractivity contribution in [2.75, 3.05) is 37.0 Å². The van der Waals surface area contributed by atoms with Crippen LogP contribution in [0.3, 0.4) is 0 Å². The number of methoxy groups -OCH3 is 1. The van der Waals surface area contributed by atoms with Crippen molar-refractivity contribution in [2.24, 2.45) is 0 Å². The van der Waals surface area contributed by atoms with E-state index in [2.05, 4.69) is 20.6 Å². The SMILES string of the molecule is COc1cc2ncnc(Nc3ccc(Cl)c(Cl)c3F)c2cc1N1CC2(CNC2)OC1=O. The maximum absolute atomic E-state index is 14.6. The van der Waals surface area contributed by atoms with Gasteiger partial charge in [0.05, 0.1) is 40.6 Å². The number of anilines is 3. The maximum Gasteiger partial charge on any atom is 0.415 e. The molecule has 2 fully saturated rings. The summed E-state index contributed by atoms with van der Waals surface area (Å²) in [5.41, 5.74) is 0.628. The number of hydrogen-bond donors (Lipinski definition) is 2. The molecule has 2 N–H and O–H groups in total. The minimum absolute atomic E-state index is 0.104. The van der Waals surface area contributed by atoms with Crippen LogP contribution in [0.4, 0.5) is 26.4 Å². The van der Waals surface area contributed by atoms with Gasteiger partial charge in [-0.2, -0.15) is 0 Å². The quantitative estimate of drug-likeness (QED) is 0.562. The molecule has 0 bridgehead atoms. The van der Waals surface area contributed by atoms with Gasteiger partial charge in [0.1, 0.15) is 17.9 Å². The van der Waals surface area contributed by atoms with Crippen molar-refractivity contribution in [3.8, 4) is 5.75 Å². The van der Waals surface area contributed by atoms with Gasteiger partial charge in [0.2, 0.25) is 0 Å². The number of rotatable bonds is 4. The minimum atomic E-state index is -0.697. The van der Waals surface area contributed by atoms with E-state index in [9.17, 15) is 9.18 Å². The number of halogens is 3. The molecular weight excluding hydrogens is 448 g/mol. The van der Waals surface area contributed by atoms with Crippen LogP contribution in [0.5, 0.6) is 5.75 Å². The van der Waals surface area contributed by atoms with Crippen LogP contribution in [-0.4, -0.2) is 48.4 Å². The van der Waals surface area contributed by atoms with Crippen molar-refractivity contribution in [3.05, 3.63) is 46.5 Å². The Kier molecular flexibility index (Phi) is 4.76. The summed E-state index contributed by atoms with van der Waals surface area (Å²) in [5, 5.41) is 6.54. The van der Waals surface area contributed by atoms with E-state index in [1.54, 1.807) is 12.1 Å². The van der Waals surface area contributed by atoms with Gasteiger partial charge in [-0.25, -0.2) is 19.2 Å². The Balaban J connectivity index is 1.59. The number of hydrogen-bond acceptors (Lipinski definition) is 7. The number of amides is 1. The molecule has 0 saturated carbocycles. The molecule has 3 heterocycles. The molecule has 31 heavy (non-hydrogen) atoms. The third-order valence-electron chi connectivity index (χ3n) is 5.38. The van der Waals surface area contributed by atoms with Gasteiger partial charge in [-0.05, 0) is 18.2 Å². The minimum Gasteiger partial charge on any atom is -0.494 e. The number of benzene rings is 2. The van der Waals surface area contributed by atoms with Crippen LogP contribution in [0.2, 0.25) is 10.0 Å². The normalized spacial score (nSPS) is 17.0. The number of nitrogens with zero attached hydrogens (tertiary/aromatic N) is 3. The highest BCUT2D eigenvalue weighted by molar-refractivity contribution is 6.42. The van der Waals surface area contributed by atoms with Gasteiger partial charge in [-0.1, -0.05) is 23.2 Å². The van der Waals surface area contributed by atoms with E-state index in [1.165, 1.54) is 30.5 Å². The van der Waals surface area contributed by atoms with E-state index in [1.807, 2.05) is 0 Å². The summed E-state index contributed by atoms with van der Waals surface area (Å²) >= 11 is 11.8. The van der Waals surface area contributed by atoms with Gasteiger partial charge >= 0.3 is 6.09 Å². The standard InChI is InChI=1S/C20H16Cl2FN5O3/c1-30-15-5-13-10(4-14(15)28-8-20(6-24-7-20)31-19(28)29)18(26-9-25-13)27-12-3-2-11(21)16(22)17(12)23/h2-5,9,24H,6-8H2,1H3,(H,25,26,27). The Morgan fingerprint density at radius 3 is 2.77 bits per heavy atom. The zero-order valence-corrected chi connectivity index (χ0v) is 17.7. The van der Waals surface area contributed by atoms with E-state index in [0.717, 1.165) is 0 Å². The highest BCUT2D eigenvalue weighted by Crippen LogP contribution is 2.40. The zero-order chi connectivity index (χ0) is 21.8. The number of aromatic nitrogens is 2. The lowest BCUT2D eigenvalue weighted by atomic mass is 9.97. The van der Waals surface area contributed by atoms with Crippen LogP contribution in [0.25, 0.3) is 10.9 Å². The first-order chi connectivity index (χ1) is 14.9. The molecule has 160 valence electrons. The summed E-state index contributed by atoms with van der Waals surface area (Å²) in [6.45, 7) is 1.58. The van der Waals surface area contributed by atoms with E-state index >= 15 is 0 Å². The summed E-state index contributed by atoms with van der Waals surface area (Å²) in [6.07, 6.45) is 0.888. The highest BCUT2D eigenvalue weighted by atomic mass is 35.5. The van der Waals surface area contributed by atoms with Crippen molar-refractivity contribution in [2.45, 2.75) is 5.60 Å². The fraction of sp³-hybridized carbons (Fsp3) is 0.250. The molecule has 11 heteroatoms. The largest absolute Gasteiger partial charge is 0.494 e. The average molecular weight is 464 g/mol. The molecule has 1 amide bonds. The second-order valence-corrected chi connectivity index (χ2v) is 8.14. The maximum atomic E-state index is 14.6. The zero-order valence-electron chi connectivity index (χ0n) is 16.2. The van der Waals surface area contributed by atoms with E-state index in [0.29, 0.717) is 47.8 Å². The predicted molar refractivity (Wildman–Crippen MR) is 115 cm³/mol. The first-order valence-corrected chi connectivity index (χ1v) is 10.1. The smallest absolute Gasteiger partial charge is 0.415 e. The molecule has 2 saturated heterocycles.